The lowest BCUT2D eigenvalue weighted by molar-refractivity contribution is -0.123. The number of carbonyl (C=O) groups excluding carboxylic acids is 1. The highest BCUT2D eigenvalue weighted by molar-refractivity contribution is 7.18. The summed E-state index contributed by atoms with van der Waals surface area (Å²) in [4.78, 5) is 32.6. The Morgan fingerprint density at radius 3 is 2.87 bits per heavy atom. The molecular weight excluding hydrogens is 500 g/mol. The maximum Gasteiger partial charge on any atom is 0.263 e. The van der Waals surface area contributed by atoms with Gasteiger partial charge in [-0.3, -0.25) is 14.2 Å². The Morgan fingerprint density at radius 1 is 1.26 bits per heavy atom. The van der Waals surface area contributed by atoms with Crippen LogP contribution in [0.2, 0.25) is 0 Å². The van der Waals surface area contributed by atoms with Gasteiger partial charge in [-0.05, 0) is 67.0 Å². The number of benzene rings is 2. The van der Waals surface area contributed by atoms with E-state index in [1.807, 2.05) is 36.4 Å². The van der Waals surface area contributed by atoms with Gasteiger partial charge in [-0.25, -0.2) is 10.4 Å². The van der Waals surface area contributed by atoms with E-state index in [-0.39, 0.29) is 5.56 Å². The Bertz CT molecular complexity index is 1540. The summed E-state index contributed by atoms with van der Waals surface area (Å²) in [6, 6.07) is 14.5. The van der Waals surface area contributed by atoms with Crippen molar-refractivity contribution in [1.29, 1.82) is 0 Å². The van der Waals surface area contributed by atoms with Crippen LogP contribution in [0.3, 0.4) is 0 Å². The smallest absolute Gasteiger partial charge is 0.263 e. The van der Waals surface area contributed by atoms with Crippen molar-refractivity contribution in [2.45, 2.75) is 45.8 Å². The average molecular weight is 531 g/mol. The number of carbonyl (C=O) groups is 1. The van der Waals surface area contributed by atoms with Crippen LogP contribution >= 0.6 is 11.3 Å². The molecule has 0 radical (unpaired) electrons. The highest BCUT2D eigenvalue weighted by Gasteiger charge is 2.25. The zero-order chi connectivity index (χ0) is 26.6. The number of thiophene rings is 1. The lowest BCUT2D eigenvalue weighted by Gasteiger charge is -2.18. The van der Waals surface area contributed by atoms with Crippen molar-refractivity contribution >= 4 is 33.7 Å². The first-order valence-corrected chi connectivity index (χ1v) is 13.4. The number of hydrazone groups is 1. The van der Waals surface area contributed by atoms with Gasteiger partial charge in [-0.2, -0.15) is 5.10 Å². The third kappa shape index (κ3) is 5.33. The quantitative estimate of drug-likeness (QED) is 0.259. The molecule has 2 unspecified atom stereocenters. The number of ether oxygens (including phenoxy) is 2. The van der Waals surface area contributed by atoms with Crippen LogP contribution in [0.1, 0.15) is 47.9 Å². The largest absolute Gasteiger partial charge is 0.493 e. The van der Waals surface area contributed by atoms with Crippen molar-refractivity contribution in [2.75, 3.05) is 7.11 Å². The van der Waals surface area contributed by atoms with Crippen LogP contribution in [0.25, 0.3) is 10.2 Å². The number of hydrogen-bond acceptors (Lipinski definition) is 7. The highest BCUT2D eigenvalue weighted by Crippen LogP contribution is 2.35. The first kappa shape index (κ1) is 25.7. The van der Waals surface area contributed by atoms with E-state index in [1.54, 1.807) is 37.5 Å². The normalized spacial score (nSPS) is 15.8. The summed E-state index contributed by atoms with van der Waals surface area (Å²) in [6.45, 7) is 4.32. The number of hydrogen-bond donors (Lipinski definition) is 1. The van der Waals surface area contributed by atoms with Gasteiger partial charge >= 0.3 is 0 Å². The molecule has 1 aliphatic rings. The molecule has 0 saturated heterocycles. The van der Waals surface area contributed by atoms with E-state index >= 15 is 0 Å². The molecule has 0 aliphatic heterocycles. The van der Waals surface area contributed by atoms with E-state index in [0.29, 0.717) is 29.4 Å². The van der Waals surface area contributed by atoms with E-state index in [9.17, 15) is 9.59 Å². The minimum atomic E-state index is -0.766. The van der Waals surface area contributed by atoms with Crippen molar-refractivity contribution in [3.8, 4) is 11.5 Å². The van der Waals surface area contributed by atoms with E-state index in [0.717, 1.165) is 40.8 Å². The number of aryl methyl sites for hydroxylation is 1. The summed E-state index contributed by atoms with van der Waals surface area (Å²) >= 11 is 1.60. The predicted octanol–water partition coefficient (Wildman–Crippen LogP) is 4.88. The third-order valence-electron chi connectivity index (χ3n) is 6.85. The number of fused-ring (bicyclic) bond motifs is 3. The summed E-state index contributed by atoms with van der Waals surface area (Å²) in [5.74, 6) is 1.37. The minimum absolute atomic E-state index is 0.176. The Hall–Kier alpha value is -3.98. The van der Waals surface area contributed by atoms with Crippen molar-refractivity contribution in [2.24, 2.45) is 11.0 Å². The first-order chi connectivity index (χ1) is 18.4. The van der Waals surface area contributed by atoms with Gasteiger partial charge in [-0.15, -0.1) is 11.3 Å². The number of amides is 1. The SMILES string of the molecule is COc1cc(C=NNC(=O)C(C)n2cnc3sc4c(c3c2=O)CCC(C)C4)ccc1OCc1ccccc1. The second-order valence-corrected chi connectivity index (χ2v) is 10.7. The molecule has 196 valence electrons. The van der Waals surface area contributed by atoms with Gasteiger partial charge in [-0.1, -0.05) is 37.3 Å². The maximum atomic E-state index is 13.3. The van der Waals surface area contributed by atoms with Gasteiger partial charge in [0.25, 0.3) is 11.5 Å². The molecule has 1 N–H and O–H groups in total. The van der Waals surface area contributed by atoms with Gasteiger partial charge in [0.1, 0.15) is 17.5 Å². The van der Waals surface area contributed by atoms with Crippen molar-refractivity contribution in [1.82, 2.24) is 15.0 Å². The molecule has 38 heavy (non-hydrogen) atoms. The maximum absolute atomic E-state index is 13.3. The first-order valence-electron chi connectivity index (χ1n) is 12.6. The summed E-state index contributed by atoms with van der Waals surface area (Å²) < 4.78 is 12.7. The molecule has 0 bridgehead atoms. The molecule has 5 rings (SSSR count). The third-order valence-corrected chi connectivity index (χ3v) is 8.01. The second-order valence-electron chi connectivity index (χ2n) is 9.58. The van der Waals surface area contributed by atoms with Gasteiger partial charge in [0.2, 0.25) is 0 Å². The number of methoxy groups -OCH3 is 1. The summed E-state index contributed by atoms with van der Waals surface area (Å²) in [5, 5.41) is 4.75. The van der Waals surface area contributed by atoms with Crippen LogP contribution < -0.4 is 20.5 Å². The standard InChI is InChI=1S/C29H30N4O4S/c1-18-9-11-22-25(13-18)38-28-26(22)29(35)33(17-30-28)19(2)27(34)32-31-15-21-10-12-23(24(14-21)36-3)37-16-20-7-5-4-6-8-20/h4-8,10,12,14-15,17-19H,9,11,13,16H2,1-3H3,(H,32,34). The molecule has 2 heterocycles. The Kier molecular flexibility index (Phi) is 7.55. The molecule has 1 aliphatic carbocycles. The molecule has 2 aromatic carbocycles. The zero-order valence-corrected chi connectivity index (χ0v) is 22.5. The van der Waals surface area contributed by atoms with Crippen LogP contribution in [0.15, 0.2) is 64.8 Å². The molecule has 2 atom stereocenters. The number of rotatable bonds is 8. The Labute approximate surface area is 224 Å². The molecule has 8 nitrogen and oxygen atoms in total. The highest BCUT2D eigenvalue weighted by atomic mass is 32.1. The number of nitrogens with one attached hydrogen (secondary N) is 1. The fourth-order valence-corrected chi connectivity index (χ4v) is 5.97. The molecule has 0 fully saturated rings. The van der Waals surface area contributed by atoms with Gasteiger partial charge < -0.3 is 9.47 Å². The van der Waals surface area contributed by atoms with E-state index in [1.165, 1.54) is 22.0 Å². The van der Waals surface area contributed by atoms with Crippen LogP contribution in [-0.4, -0.2) is 28.8 Å². The topological polar surface area (TPSA) is 94.8 Å². The van der Waals surface area contributed by atoms with Crippen LogP contribution in [-0.2, 0) is 24.2 Å². The van der Waals surface area contributed by atoms with Crippen molar-refractivity contribution < 1.29 is 14.3 Å². The van der Waals surface area contributed by atoms with E-state index < -0.39 is 11.9 Å². The Balaban J connectivity index is 1.26. The van der Waals surface area contributed by atoms with E-state index in [4.69, 9.17) is 9.47 Å². The lowest BCUT2D eigenvalue weighted by atomic mass is 9.89. The van der Waals surface area contributed by atoms with Gasteiger partial charge in [0.05, 0.1) is 25.0 Å². The molecule has 0 spiro atoms. The molecule has 1 amide bonds. The molecule has 9 heteroatoms. The Morgan fingerprint density at radius 2 is 2.08 bits per heavy atom. The summed E-state index contributed by atoms with van der Waals surface area (Å²) in [7, 11) is 1.57. The molecule has 0 saturated carbocycles. The molecule has 2 aromatic heterocycles. The molecule has 4 aromatic rings. The fraction of sp³-hybridized carbons (Fsp3) is 0.310. The fourth-order valence-electron chi connectivity index (χ4n) is 4.63. The average Bonchev–Trinajstić information content (AvgIpc) is 3.30. The minimum Gasteiger partial charge on any atom is -0.493 e. The van der Waals surface area contributed by atoms with E-state index in [2.05, 4.69) is 22.4 Å². The van der Waals surface area contributed by atoms with Crippen LogP contribution in [0, 0.1) is 5.92 Å². The monoisotopic (exact) mass is 530 g/mol. The number of aromatic nitrogens is 2. The second kappa shape index (κ2) is 11.2. The lowest BCUT2D eigenvalue weighted by Crippen LogP contribution is -2.34. The van der Waals surface area contributed by atoms with Crippen molar-refractivity contribution in [3.63, 3.8) is 0 Å². The van der Waals surface area contributed by atoms with Crippen molar-refractivity contribution in [3.05, 3.63) is 86.8 Å². The van der Waals surface area contributed by atoms with Gasteiger partial charge in [0.15, 0.2) is 11.5 Å². The predicted molar refractivity (Wildman–Crippen MR) is 149 cm³/mol. The summed E-state index contributed by atoms with van der Waals surface area (Å²) in [6.07, 6.45) is 5.90. The zero-order valence-electron chi connectivity index (χ0n) is 21.6. The van der Waals surface area contributed by atoms with Crippen LogP contribution in [0.4, 0.5) is 0 Å². The van der Waals surface area contributed by atoms with Gasteiger partial charge in [0, 0.05) is 4.88 Å². The summed E-state index contributed by atoms with van der Waals surface area (Å²) in [5.41, 5.74) is 5.24. The number of nitrogens with zero attached hydrogens (tertiary/aromatic N) is 3. The molecular formula is C29H30N4O4S. The van der Waals surface area contributed by atoms with Crippen LogP contribution in [0.5, 0.6) is 11.5 Å².